The van der Waals surface area contributed by atoms with Gasteiger partial charge in [0.05, 0.1) is 7.11 Å². The number of ether oxygens (including phenoxy) is 2. The summed E-state index contributed by atoms with van der Waals surface area (Å²) in [5.74, 6) is 1.84. The van der Waals surface area contributed by atoms with E-state index in [1.165, 1.54) is 0 Å². The van der Waals surface area contributed by atoms with Crippen molar-refractivity contribution in [1.29, 1.82) is 0 Å². The van der Waals surface area contributed by atoms with E-state index in [0.717, 1.165) is 39.0 Å². The van der Waals surface area contributed by atoms with Gasteiger partial charge in [0, 0.05) is 10.9 Å². The van der Waals surface area contributed by atoms with Crippen LogP contribution in [-0.2, 0) is 6.61 Å². The first-order valence-corrected chi connectivity index (χ1v) is 8.81. The number of rotatable bonds is 5. The topological polar surface area (TPSA) is 38.7 Å². The SMILES string of the molecule is COc1ccc2c(O)c(-c3ccc(OCc4ccccc4)cc3)ccc2c1. The van der Waals surface area contributed by atoms with Gasteiger partial charge in [-0.1, -0.05) is 54.6 Å². The van der Waals surface area contributed by atoms with Crippen LogP contribution in [0.4, 0.5) is 0 Å². The van der Waals surface area contributed by atoms with Crippen LogP contribution in [0.15, 0.2) is 84.9 Å². The summed E-state index contributed by atoms with van der Waals surface area (Å²) in [6, 6.07) is 27.4. The Labute approximate surface area is 158 Å². The molecule has 0 saturated heterocycles. The van der Waals surface area contributed by atoms with Crippen LogP contribution >= 0.6 is 0 Å². The van der Waals surface area contributed by atoms with Crippen LogP contribution in [0, 0.1) is 0 Å². The molecular weight excluding hydrogens is 336 g/mol. The Morgan fingerprint density at radius 3 is 2.26 bits per heavy atom. The Hall–Kier alpha value is -3.46. The van der Waals surface area contributed by atoms with E-state index in [1.54, 1.807) is 7.11 Å². The zero-order valence-electron chi connectivity index (χ0n) is 15.1. The first-order valence-electron chi connectivity index (χ1n) is 8.81. The molecule has 134 valence electrons. The van der Waals surface area contributed by atoms with Crippen molar-refractivity contribution in [1.82, 2.24) is 0 Å². The van der Waals surface area contributed by atoms with E-state index in [1.807, 2.05) is 84.9 Å². The van der Waals surface area contributed by atoms with E-state index in [4.69, 9.17) is 9.47 Å². The van der Waals surface area contributed by atoms with E-state index >= 15 is 0 Å². The van der Waals surface area contributed by atoms with Crippen molar-refractivity contribution < 1.29 is 14.6 Å². The highest BCUT2D eigenvalue weighted by molar-refractivity contribution is 5.95. The second-order valence-electron chi connectivity index (χ2n) is 6.35. The molecule has 3 nitrogen and oxygen atoms in total. The first-order chi connectivity index (χ1) is 13.2. The van der Waals surface area contributed by atoms with Gasteiger partial charge in [-0.2, -0.15) is 0 Å². The molecule has 0 aliphatic carbocycles. The molecule has 4 rings (SSSR count). The molecule has 3 heteroatoms. The van der Waals surface area contributed by atoms with Gasteiger partial charge < -0.3 is 14.6 Å². The summed E-state index contributed by atoms with van der Waals surface area (Å²) in [5, 5.41) is 12.5. The lowest BCUT2D eigenvalue weighted by molar-refractivity contribution is 0.306. The Morgan fingerprint density at radius 1 is 0.778 bits per heavy atom. The van der Waals surface area contributed by atoms with Crippen LogP contribution in [0.25, 0.3) is 21.9 Å². The second-order valence-corrected chi connectivity index (χ2v) is 6.35. The van der Waals surface area contributed by atoms with Gasteiger partial charge in [0.2, 0.25) is 0 Å². The number of aromatic hydroxyl groups is 1. The summed E-state index contributed by atoms with van der Waals surface area (Å²) in [6.07, 6.45) is 0. The zero-order valence-corrected chi connectivity index (χ0v) is 15.1. The highest BCUT2D eigenvalue weighted by Gasteiger charge is 2.09. The van der Waals surface area contributed by atoms with Gasteiger partial charge >= 0.3 is 0 Å². The fourth-order valence-electron chi connectivity index (χ4n) is 3.12. The number of benzene rings is 4. The van der Waals surface area contributed by atoms with Crippen LogP contribution < -0.4 is 9.47 Å². The maximum Gasteiger partial charge on any atom is 0.131 e. The molecule has 0 aromatic heterocycles. The van der Waals surface area contributed by atoms with Gasteiger partial charge in [-0.25, -0.2) is 0 Å². The average Bonchev–Trinajstić information content (AvgIpc) is 2.73. The number of phenolic OH excluding ortho intramolecular Hbond substituents is 1. The van der Waals surface area contributed by atoms with Gasteiger partial charge in [0.15, 0.2) is 0 Å². The molecule has 0 bridgehead atoms. The molecule has 4 aromatic carbocycles. The van der Waals surface area contributed by atoms with Crippen LogP contribution in [0.3, 0.4) is 0 Å². The number of phenols is 1. The third kappa shape index (κ3) is 3.58. The molecule has 1 N–H and O–H groups in total. The molecular formula is C24H20O3. The molecule has 4 aromatic rings. The van der Waals surface area contributed by atoms with Gasteiger partial charge in [0.25, 0.3) is 0 Å². The van der Waals surface area contributed by atoms with Crippen molar-refractivity contribution in [2.24, 2.45) is 0 Å². The Kier molecular flexibility index (Phi) is 4.67. The van der Waals surface area contributed by atoms with Crippen molar-refractivity contribution in [2.45, 2.75) is 6.61 Å². The Balaban J connectivity index is 1.57. The summed E-state index contributed by atoms with van der Waals surface area (Å²) in [6.45, 7) is 0.531. The number of fused-ring (bicyclic) bond motifs is 1. The summed E-state index contributed by atoms with van der Waals surface area (Å²) >= 11 is 0. The highest BCUT2D eigenvalue weighted by Crippen LogP contribution is 2.37. The monoisotopic (exact) mass is 356 g/mol. The minimum Gasteiger partial charge on any atom is -0.507 e. The van der Waals surface area contributed by atoms with Crippen LogP contribution in [0.5, 0.6) is 17.2 Å². The lowest BCUT2D eigenvalue weighted by Crippen LogP contribution is -1.94. The quantitative estimate of drug-likeness (QED) is 0.491. The largest absolute Gasteiger partial charge is 0.507 e. The van der Waals surface area contributed by atoms with Gasteiger partial charge in [0.1, 0.15) is 23.9 Å². The third-order valence-electron chi connectivity index (χ3n) is 4.61. The molecule has 0 unspecified atom stereocenters. The molecule has 27 heavy (non-hydrogen) atoms. The summed E-state index contributed by atoms with van der Waals surface area (Å²) in [4.78, 5) is 0. The number of hydrogen-bond acceptors (Lipinski definition) is 3. The smallest absolute Gasteiger partial charge is 0.131 e. The number of methoxy groups -OCH3 is 1. The van der Waals surface area contributed by atoms with E-state index in [-0.39, 0.29) is 5.75 Å². The molecule has 0 atom stereocenters. The summed E-state index contributed by atoms with van der Waals surface area (Å²) < 4.78 is 11.1. The fraction of sp³-hybridized carbons (Fsp3) is 0.0833. The van der Waals surface area contributed by atoms with Crippen LogP contribution in [0.1, 0.15) is 5.56 Å². The molecule has 0 amide bonds. The molecule has 0 aliphatic rings. The van der Waals surface area contributed by atoms with E-state index in [2.05, 4.69) is 0 Å². The van der Waals surface area contributed by atoms with Gasteiger partial charge in [-0.05, 0) is 46.8 Å². The lowest BCUT2D eigenvalue weighted by atomic mass is 9.99. The number of hydrogen-bond donors (Lipinski definition) is 1. The molecule has 0 fully saturated rings. The standard InChI is InChI=1S/C24H20O3/c1-26-21-12-14-23-19(15-21)9-13-22(24(23)25)18-7-10-20(11-8-18)27-16-17-5-3-2-4-6-17/h2-15,25H,16H2,1H3. The second kappa shape index (κ2) is 7.42. The van der Waals surface area contributed by atoms with Crippen molar-refractivity contribution in [3.8, 4) is 28.4 Å². The van der Waals surface area contributed by atoms with Crippen molar-refractivity contribution >= 4 is 10.8 Å². The first kappa shape index (κ1) is 17.0. The van der Waals surface area contributed by atoms with Crippen molar-refractivity contribution in [2.75, 3.05) is 7.11 Å². The van der Waals surface area contributed by atoms with E-state index in [9.17, 15) is 5.11 Å². The predicted molar refractivity (Wildman–Crippen MR) is 108 cm³/mol. The maximum absolute atomic E-state index is 10.7. The predicted octanol–water partition coefficient (Wildman–Crippen LogP) is 5.80. The highest BCUT2D eigenvalue weighted by atomic mass is 16.5. The fourth-order valence-corrected chi connectivity index (χ4v) is 3.12. The summed E-state index contributed by atoms with van der Waals surface area (Å²) in [7, 11) is 1.64. The third-order valence-corrected chi connectivity index (χ3v) is 4.61. The molecule has 0 aliphatic heterocycles. The Morgan fingerprint density at radius 2 is 1.52 bits per heavy atom. The normalized spacial score (nSPS) is 10.7. The maximum atomic E-state index is 10.7. The van der Waals surface area contributed by atoms with Crippen LogP contribution in [-0.4, -0.2) is 12.2 Å². The minimum absolute atomic E-state index is 0.271. The molecule has 0 spiro atoms. The zero-order chi connectivity index (χ0) is 18.6. The van der Waals surface area contributed by atoms with E-state index < -0.39 is 0 Å². The summed E-state index contributed by atoms with van der Waals surface area (Å²) in [5.41, 5.74) is 2.86. The van der Waals surface area contributed by atoms with Crippen molar-refractivity contribution in [3.63, 3.8) is 0 Å². The van der Waals surface area contributed by atoms with Gasteiger partial charge in [-0.3, -0.25) is 0 Å². The molecule has 0 heterocycles. The van der Waals surface area contributed by atoms with Gasteiger partial charge in [-0.15, -0.1) is 0 Å². The molecule has 0 radical (unpaired) electrons. The van der Waals surface area contributed by atoms with Crippen LogP contribution in [0.2, 0.25) is 0 Å². The minimum atomic E-state index is 0.271. The van der Waals surface area contributed by atoms with E-state index in [0.29, 0.717) is 6.61 Å². The lowest BCUT2D eigenvalue weighted by Gasteiger charge is -2.11. The molecule has 0 saturated carbocycles. The average molecular weight is 356 g/mol. The Bertz CT molecular complexity index is 1050. The van der Waals surface area contributed by atoms with Crippen molar-refractivity contribution in [3.05, 3.63) is 90.5 Å².